The fourth-order valence-corrected chi connectivity index (χ4v) is 0.731. The molecule has 94 valence electrons. The molecule has 16 heavy (non-hydrogen) atoms. The molecule has 0 heterocycles. The smallest absolute Gasteiger partial charge is 0.431 e. The average Bonchev–Trinajstić information content (AvgIpc) is 1.99. The highest BCUT2D eigenvalue weighted by atomic mass is 19.4. The van der Waals surface area contributed by atoms with Crippen molar-refractivity contribution in [1.29, 1.82) is 0 Å². The second kappa shape index (κ2) is 3.95. The molecule has 0 atom stereocenters. The maximum absolute atomic E-state index is 12.8. The molecule has 9 heteroatoms. The van der Waals surface area contributed by atoms with Crippen LogP contribution in [0, 0.1) is 0 Å². The fraction of sp³-hybridized carbons (Fsp3) is 0.571. The van der Waals surface area contributed by atoms with Crippen molar-refractivity contribution in [3.8, 4) is 0 Å². The Balaban J connectivity index is 5.30. The van der Waals surface area contributed by atoms with Crippen LogP contribution >= 0.6 is 0 Å². The number of carbonyl (C=O) groups is 1. The van der Waals surface area contributed by atoms with Crippen LogP contribution in [0.25, 0.3) is 0 Å². The van der Waals surface area contributed by atoms with Crippen molar-refractivity contribution in [2.75, 3.05) is 0 Å². The van der Waals surface area contributed by atoms with Gasteiger partial charge in [-0.25, -0.2) is 9.18 Å². The van der Waals surface area contributed by atoms with Crippen molar-refractivity contribution < 1.29 is 40.6 Å². The summed E-state index contributed by atoms with van der Waals surface area (Å²) < 4.78 is 84.2. The maximum Gasteiger partial charge on any atom is 0.431 e. The summed E-state index contributed by atoms with van der Waals surface area (Å²) in [4.78, 5) is 10.0. The van der Waals surface area contributed by atoms with Gasteiger partial charge in [-0.1, -0.05) is 6.58 Å². The molecule has 0 unspecified atom stereocenters. The van der Waals surface area contributed by atoms with E-state index in [9.17, 15) is 35.5 Å². The van der Waals surface area contributed by atoms with Crippen molar-refractivity contribution in [2.45, 2.75) is 24.4 Å². The zero-order valence-electron chi connectivity index (χ0n) is 7.42. The van der Waals surface area contributed by atoms with Gasteiger partial charge < -0.3 is 5.11 Å². The molecule has 2 nitrogen and oxygen atoms in total. The zero-order chi connectivity index (χ0) is 13.4. The third-order valence-corrected chi connectivity index (χ3v) is 1.66. The van der Waals surface area contributed by atoms with Gasteiger partial charge in [0.1, 0.15) is 0 Å². The van der Waals surface area contributed by atoms with E-state index in [-0.39, 0.29) is 0 Å². The largest absolute Gasteiger partial charge is 0.478 e. The van der Waals surface area contributed by atoms with Crippen molar-refractivity contribution in [1.82, 2.24) is 0 Å². The Morgan fingerprint density at radius 1 is 1.00 bits per heavy atom. The Morgan fingerprint density at radius 2 is 1.31 bits per heavy atom. The van der Waals surface area contributed by atoms with E-state index in [0.717, 1.165) is 0 Å². The number of rotatable bonds is 3. The van der Waals surface area contributed by atoms with Gasteiger partial charge >= 0.3 is 24.0 Å². The number of carboxylic acids is 1. The Kier molecular flexibility index (Phi) is 3.63. The fourth-order valence-electron chi connectivity index (χ4n) is 0.731. The number of hydrogen-bond acceptors (Lipinski definition) is 1. The number of hydrogen-bond donors (Lipinski definition) is 1. The van der Waals surface area contributed by atoms with Gasteiger partial charge in [0.2, 0.25) is 0 Å². The second-order valence-corrected chi connectivity index (χ2v) is 2.88. The minimum atomic E-state index is -6.26. The number of carboxylic acid groups (broad SMARTS) is 1. The molecule has 0 aromatic rings. The van der Waals surface area contributed by atoms with Crippen LogP contribution in [0.3, 0.4) is 0 Å². The van der Waals surface area contributed by atoms with Crippen molar-refractivity contribution in [2.24, 2.45) is 0 Å². The van der Waals surface area contributed by atoms with Crippen LogP contribution in [-0.4, -0.2) is 29.1 Å². The molecule has 0 aliphatic carbocycles. The number of aliphatic carboxylic acids is 1. The van der Waals surface area contributed by atoms with Gasteiger partial charge in [0.05, 0.1) is 0 Å². The van der Waals surface area contributed by atoms with Crippen LogP contribution in [0.5, 0.6) is 0 Å². The average molecular weight is 254 g/mol. The van der Waals surface area contributed by atoms with Gasteiger partial charge in [-0.2, -0.15) is 26.3 Å². The summed E-state index contributed by atoms with van der Waals surface area (Å²) in [6.07, 6.45) is -14.9. The highest BCUT2D eigenvalue weighted by Gasteiger charge is 2.72. The molecule has 0 bridgehead atoms. The Hall–Kier alpha value is -1.28. The quantitative estimate of drug-likeness (QED) is 0.621. The lowest BCUT2D eigenvalue weighted by Crippen LogP contribution is -2.53. The SMILES string of the molecule is C=C(CC(F)(C(F)(F)F)C(F)(F)F)C(=O)O. The first kappa shape index (κ1) is 14.7. The Labute approximate surface area is 84.4 Å². The van der Waals surface area contributed by atoms with Gasteiger partial charge in [-0.3, -0.25) is 0 Å². The lowest BCUT2D eigenvalue weighted by Gasteiger charge is -2.29. The molecule has 0 rings (SSSR count). The van der Waals surface area contributed by atoms with E-state index >= 15 is 0 Å². The summed E-state index contributed by atoms with van der Waals surface area (Å²) in [5.41, 5.74) is -7.12. The maximum atomic E-state index is 12.8. The molecule has 0 saturated heterocycles. The predicted molar refractivity (Wildman–Crippen MR) is 37.3 cm³/mol. The molecular weight excluding hydrogens is 249 g/mol. The van der Waals surface area contributed by atoms with E-state index < -0.39 is 36.0 Å². The standard InChI is InChI=1S/C7H5F7O2/c1-3(4(15)16)2-5(8,6(9,10)11)7(12,13)14/h1-2H2,(H,15,16). The van der Waals surface area contributed by atoms with Crippen LogP contribution in [0.4, 0.5) is 30.7 Å². The van der Waals surface area contributed by atoms with Crippen LogP contribution in [-0.2, 0) is 4.79 Å². The van der Waals surface area contributed by atoms with E-state index in [0.29, 0.717) is 0 Å². The molecule has 0 fully saturated rings. The molecule has 0 radical (unpaired) electrons. The van der Waals surface area contributed by atoms with Gasteiger partial charge in [-0.05, 0) is 0 Å². The van der Waals surface area contributed by atoms with E-state index in [1.54, 1.807) is 0 Å². The van der Waals surface area contributed by atoms with Crippen LogP contribution in [0.15, 0.2) is 12.2 Å². The molecule has 0 saturated carbocycles. The summed E-state index contributed by atoms with van der Waals surface area (Å²) in [5.74, 6) is -2.13. The van der Waals surface area contributed by atoms with Crippen LogP contribution in [0.2, 0.25) is 0 Å². The van der Waals surface area contributed by atoms with E-state index in [4.69, 9.17) is 5.11 Å². The summed E-state index contributed by atoms with van der Waals surface area (Å²) >= 11 is 0. The normalized spacial score (nSPS) is 13.7. The lowest BCUT2D eigenvalue weighted by molar-refractivity contribution is -0.340. The van der Waals surface area contributed by atoms with E-state index in [1.807, 2.05) is 0 Å². The molecular formula is C7H5F7O2. The topological polar surface area (TPSA) is 37.3 Å². The van der Waals surface area contributed by atoms with Gasteiger partial charge in [0, 0.05) is 12.0 Å². The number of alkyl halides is 7. The molecule has 0 aromatic heterocycles. The van der Waals surface area contributed by atoms with Crippen LogP contribution in [0.1, 0.15) is 6.42 Å². The zero-order valence-corrected chi connectivity index (χ0v) is 7.42. The molecule has 1 N–H and O–H groups in total. The molecule has 0 spiro atoms. The Bertz CT molecular complexity index is 287. The first-order valence-electron chi connectivity index (χ1n) is 3.56. The first-order valence-corrected chi connectivity index (χ1v) is 3.56. The third kappa shape index (κ3) is 2.64. The van der Waals surface area contributed by atoms with Gasteiger partial charge in [0.15, 0.2) is 0 Å². The van der Waals surface area contributed by atoms with Gasteiger partial charge in [0.25, 0.3) is 0 Å². The molecule has 0 amide bonds. The monoisotopic (exact) mass is 254 g/mol. The third-order valence-electron chi connectivity index (χ3n) is 1.66. The first-order chi connectivity index (χ1) is 6.83. The highest BCUT2D eigenvalue weighted by molar-refractivity contribution is 5.86. The minimum absolute atomic E-state index is 1.52. The van der Waals surface area contributed by atoms with Gasteiger partial charge in [-0.15, -0.1) is 0 Å². The molecule has 0 aromatic carbocycles. The summed E-state index contributed by atoms with van der Waals surface area (Å²) in [6.45, 7) is 2.43. The lowest BCUT2D eigenvalue weighted by atomic mass is 9.95. The van der Waals surface area contributed by atoms with Crippen LogP contribution < -0.4 is 0 Å². The van der Waals surface area contributed by atoms with Crippen molar-refractivity contribution >= 4 is 5.97 Å². The van der Waals surface area contributed by atoms with E-state index in [1.165, 1.54) is 0 Å². The Morgan fingerprint density at radius 3 is 1.50 bits per heavy atom. The molecule has 0 aliphatic heterocycles. The minimum Gasteiger partial charge on any atom is -0.478 e. The van der Waals surface area contributed by atoms with E-state index in [2.05, 4.69) is 6.58 Å². The second-order valence-electron chi connectivity index (χ2n) is 2.88. The predicted octanol–water partition coefficient (Wildman–Crippen LogP) is 2.85. The highest BCUT2D eigenvalue weighted by Crippen LogP contribution is 2.49. The summed E-state index contributed by atoms with van der Waals surface area (Å²) in [7, 11) is 0. The molecule has 0 aliphatic rings. The van der Waals surface area contributed by atoms with Crippen molar-refractivity contribution in [3.05, 3.63) is 12.2 Å². The summed E-state index contributed by atoms with van der Waals surface area (Å²) in [5, 5.41) is 8.08. The summed E-state index contributed by atoms with van der Waals surface area (Å²) in [6, 6.07) is 0. The van der Waals surface area contributed by atoms with Crippen molar-refractivity contribution in [3.63, 3.8) is 0 Å². The number of halogens is 7.